The van der Waals surface area contributed by atoms with Crippen molar-refractivity contribution in [2.24, 2.45) is 0 Å². The highest BCUT2D eigenvalue weighted by Gasteiger charge is 2.33. The molecule has 1 aromatic rings. The molecule has 0 spiro atoms. The molecule has 1 fully saturated rings. The molecule has 1 heterocycles. The van der Waals surface area contributed by atoms with Crippen LogP contribution in [-0.4, -0.2) is 37.0 Å². The molecule has 1 aromatic carbocycles. The summed E-state index contributed by atoms with van der Waals surface area (Å²) in [5.41, 5.74) is 0. The van der Waals surface area contributed by atoms with Crippen LogP contribution in [0.4, 0.5) is 8.78 Å². The van der Waals surface area contributed by atoms with Gasteiger partial charge in [-0.2, -0.15) is 4.31 Å². The number of aliphatic hydroxyl groups is 1. The second kappa shape index (κ2) is 4.32. The minimum Gasteiger partial charge on any atom is -0.392 e. The summed E-state index contributed by atoms with van der Waals surface area (Å²) in [5.74, 6) is -1.81. The summed E-state index contributed by atoms with van der Waals surface area (Å²) in [5, 5.41) is 9.26. The highest BCUT2D eigenvalue weighted by molar-refractivity contribution is 7.89. The molecule has 7 heteroatoms. The Kier molecular flexibility index (Phi) is 3.15. The van der Waals surface area contributed by atoms with Crippen molar-refractivity contribution >= 4 is 10.0 Å². The highest BCUT2D eigenvalue weighted by Crippen LogP contribution is 2.23. The normalized spacial score (nSPS) is 21.9. The Hall–Kier alpha value is -1.05. The standard InChI is InChI=1S/C10H11F2NO3S/c11-7-1-2-9(12)10(5-7)17(15,16)13-4-3-8(14)6-13/h1-2,5,8,14H,3-4,6H2/t8-/m1/s1. The number of rotatable bonds is 2. The lowest BCUT2D eigenvalue weighted by atomic mass is 10.3. The average Bonchev–Trinajstić information content (AvgIpc) is 2.69. The van der Waals surface area contributed by atoms with E-state index in [2.05, 4.69) is 0 Å². The van der Waals surface area contributed by atoms with Crippen LogP contribution in [0.2, 0.25) is 0 Å². The molecular formula is C10H11F2NO3S. The van der Waals surface area contributed by atoms with Gasteiger partial charge in [-0.15, -0.1) is 0 Å². The zero-order valence-corrected chi connectivity index (χ0v) is 9.62. The van der Waals surface area contributed by atoms with E-state index in [1.54, 1.807) is 0 Å². The summed E-state index contributed by atoms with van der Waals surface area (Å²) in [7, 11) is -4.07. The fourth-order valence-electron chi connectivity index (χ4n) is 1.74. The molecule has 94 valence electrons. The van der Waals surface area contributed by atoms with Crippen molar-refractivity contribution in [3.8, 4) is 0 Å². The second-order valence-corrected chi connectivity index (χ2v) is 5.79. The number of aliphatic hydroxyl groups excluding tert-OH is 1. The molecule has 0 amide bonds. The quantitative estimate of drug-likeness (QED) is 0.855. The second-order valence-electron chi connectivity index (χ2n) is 3.88. The first kappa shape index (κ1) is 12.4. The third-order valence-corrected chi connectivity index (χ3v) is 4.52. The van der Waals surface area contributed by atoms with E-state index in [4.69, 9.17) is 0 Å². The zero-order chi connectivity index (χ0) is 12.6. The first-order valence-electron chi connectivity index (χ1n) is 5.04. The fourth-order valence-corrected chi connectivity index (χ4v) is 3.31. The Morgan fingerprint density at radius 2 is 2.06 bits per heavy atom. The van der Waals surface area contributed by atoms with E-state index in [1.165, 1.54) is 0 Å². The van der Waals surface area contributed by atoms with Crippen LogP contribution < -0.4 is 0 Å². The molecule has 0 saturated carbocycles. The lowest BCUT2D eigenvalue weighted by Gasteiger charge is -2.16. The Balaban J connectivity index is 2.41. The van der Waals surface area contributed by atoms with Gasteiger partial charge >= 0.3 is 0 Å². The maximum absolute atomic E-state index is 13.4. The maximum atomic E-state index is 13.4. The van der Waals surface area contributed by atoms with Gasteiger partial charge in [0.1, 0.15) is 16.5 Å². The van der Waals surface area contributed by atoms with Gasteiger partial charge in [-0.25, -0.2) is 17.2 Å². The summed E-state index contributed by atoms with van der Waals surface area (Å²) in [4.78, 5) is -0.688. The number of β-amino-alcohol motifs (C(OH)–C–C–N with tert-alkyl or cyclic N) is 1. The molecule has 0 aromatic heterocycles. The molecule has 0 aliphatic carbocycles. The number of sulfonamides is 1. The summed E-state index contributed by atoms with van der Waals surface area (Å²) in [6.07, 6.45) is -0.447. The molecule has 1 aliphatic heterocycles. The van der Waals surface area contributed by atoms with Gasteiger partial charge in [-0.3, -0.25) is 0 Å². The highest BCUT2D eigenvalue weighted by atomic mass is 32.2. The van der Waals surface area contributed by atoms with E-state index in [1.807, 2.05) is 0 Å². The van der Waals surface area contributed by atoms with Crippen molar-refractivity contribution in [2.75, 3.05) is 13.1 Å². The minimum absolute atomic E-state index is 0.0850. The SMILES string of the molecule is O=S(=O)(c1cc(F)ccc1F)N1CC[C@@H](O)C1. The van der Waals surface area contributed by atoms with Gasteiger partial charge in [0.15, 0.2) is 0 Å². The van der Waals surface area contributed by atoms with Crippen LogP contribution in [-0.2, 0) is 10.0 Å². The van der Waals surface area contributed by atoms with E-state index >= 15 is 0 Å². The van der Waals surface area contributed by atoms with E-state index < -0.39 is 32.7 Å². The van der Waals surface area contributed by atoms with Gasteiger partial charge in [-0.1, -0.05) is 0 Å². The lowest BCUT2D eigenvalue weighted by Crippen LogP contribution is -2.30. The fraction of sp³-hybridized carbons (Fsp3) is 0.400. The van der Waals surface area contributed by atoms with Crippen molar-refractivity contribution in [3.63, 3.8) is 0 Å². The monoisotopic (exact) mass is 263 g/mol. The van der Waals surface area contributed by atoms with Crippen molar-refractivity contribution in [3.05, 3.63) is 29.8 Å². The molecule has 1 saturated heterocycles. The van der Waals surface area contributed by atoms with Gasteiger partial charge < -0.3 is 5.11 Å². The van der Waals surface area contributed by atoms with Crippen LogP contribution in [0.5, 0.6) is 0 Å². The van der Waals surface area contributed by atoms with Gasteiger partial charge in [0.25, 0.3) is 0 Å². The van der Waals surface area contributed by atoms with Gasteiger partial charge in [0.05, 0.1) is 6.10 Å². The first-order chi connectivity index (χ1) is 7.91. The van der Waals surface area contributed by atoms with Gasteiger partial charge in [0.2, 0.25) is 10.0 Å². The largest absolute Gasteiger partial charge is 0.392 e. The van der Waals surface area contributed by atoms with Crippen LogP contribution in [0.1, 0.15) is 6.42 Å². The molecular weight excluding hydrogens is 252 g/mol. The molecule has 0 bridgehead atoms. The Morgan fingerprint density at radius 3 is 2.65 bits per heavy atom. The molecule has 1 atom stereocenters. The smallest absolute Gasteiger partial charge is 0.246 e. The summed E-state index contributed by atoms with van der Waals surface area (Å²) < 4.78 is 51.2. The average molecular weight is 263 g/mol. The zero-order valence-electron chi connectivity index (χ0n) is 8.81. The molecule has 2 rings (SSSR count). The third kappa shape index (κ3) is 2.31. The van der Waals surface area contributed by atoms with Gasteiger partial charge in [-0.05, 0) is 24.6 Å². The van der Waals surface area contributed by atoms with Crippen molar-refractivity contribution in [1.29, 1.82) is 0 Å². The molecule has 17 heavy (non-hydrogen) atoms. The van der Waals surface area contributed by atoms with Crippen molar-refractivity contribution in [1.82, 2.24) is 4.31 Å². The Bertz CT molecular complexity index is 532. The Labute approximate surface area is 97.5 Å². The predicted molar refractivity (Wildman–Crippen MR) is 55.7 cm³/mol. The van der Waals surface area contributed by atoms with Crippen molar-refractivity contribution in [2.45, 2.75) is 17.4 Å². The summed E-state index contributed by atoms with van der Waals surface area (Å²) in [6.45, 7) is 0.0255. The topological polar surface area (TPSA) is 57.6 Å². The lowest BCUT2D eigenvalue weighted by molar-refractivity contribution is 0.189. The molecule has 1 N–H and O–H groups in total. The molecule has 0 radical (unpaired) electrons. The Morgan fingerprint density at radius 1 is 1.35 bits per heavy atom. The summed E-state index contributed by atoms with van der Waals surface area (Å²) >= 11 is 0. The van der Waals surface area contributed by atoms with Crippen LogP contribution in [0, 0.1) is 11.6 Å². The van der Waals surface area contributed by atoms with Gasteiger partial charge in [0, 0.05) is 13.1 Å². The van der Waals surface area contributed by atoms with E-state index in [0.29, 0.717) is 12.5 Å². The van der Waals surface area contributed by atoms with Crippen molar-refractivity contribution < 1.29 is 22.3 Å². The van der Waals surface area contributed by atoms with Crippen LogP contribution in [0.3, 0.4) is 0 Å². The van der Waals surface area contributed by atoms with Crippen LogP contribution in [0.15, 0.2) is 23.1 Å². The molecule has 1 aliphatic rings. The third-order valence-electron chi connectivity index (χ3n) is 2.64. The van der Waals surface area contributed by atoms with Crippen LogP contribution in [0.25, 0.3) is 0 Å². The maximum Gasteiger partial charge on any atom is 0.246 e. The molecule has 0 unspecified atom stereocenters. The number of benzene rings is 1. The minimum atomic E-state index is -4.07. The van der Waals surface area contributed by atoms with E-state index in [-0.39, 0.29) is 13.1 Å². The number of nitrogens with zero attached hydrogens (tertiary/aromatic N) is 1. The summed E-state index contributed by atoms with van der Waals surface area (Å²) in [6, 6.07) is 2.28. The first-order valence-corrected chi connectivity index (χ1v) is 6.48. The molecule has 4 nitrogen and oxygen atoms in total. The van der Waals surface area contributed by atoms with E-state index in [9.17, 15) is 22.3 Å². The predicted octanol–water partition coefficient (Wildman–Crippen LogP) is 0.720. The number of halogens is 2. The van der Waals surface area contributed by atoms with E-state index in [0.717, 1.165) is 16.4 Å². The number of hydrogen-bond donors (Lipinski definition) is 1. The number of hydrogen-bond acceptors (Lipinski definition) is 3. The van der Waals surface area contributed by atoms with Crippen LogP contribution >= 0.6 is 0 Å².